The minimum atomic E-state index is -1.11. The number of aryl methyl sites for hydroxylation is 2. The molecule has 1 aromatic carbocycles. The van der Waals surface area contributed by atoms with Gasteiger partial charge in [0.25, 0.3) is 0 Å². The van der Waals surface area contributed by atoms with Gasteiger partial charge in [0.15, 0.2) is 0 Å². The zero-order valence-electron chi connectivity index (χ0n) is 17.2. The topological polar surface area (TPSA) is 90.8 Å². The number of hydrogen-bond donors (Lipinski definition) is 1. The molecular formula is C21H27BN2O5. The molecule has 0 saturated carbocycles. The largest absolute Gasteiger partial charge is 0.492 e. The van der Waals surface area contributed by atoms with Crippen LogP contribution in [0.1, 0.15) is 62.6 Å². The first kappa shape index (κ1) is 21.3. The standard InChI is InChI=1S/C21H27BN2O5/c1-4-6-7-8-18-23-10-9-19(24-18)28-15-11-14(3)21-16(12-15)22(26)29-17(21)13-20(25)27-5-2/h9-12,17,26H,4-8,13H2,1-3H3. The molecule has 0 bridgehead atoms. The van der Waals surface area contributed by atoms with E-state index in [9.17, 15) is 9.82 Å². The molecule has 1 aromatic heterocycles. The molecule has 29 heavy (non-hydrogen) atoms. The fourth-order valence-corrected chi connectivity index (χ4v) is 3.52. The van der Waals surface area contributed by atoms with Crippen LogP contribution in [0.3, 0.4) is 0 Å². The van der Waals surface area contributed by atoms with E-state index in [2.05, 4.69) is 16.9 Å². The Kier molecular flexibility index (Phi) is 7.22. The monoisotopic (exact) mass is 398 g/mol. The Balaban J connectivity index is 1.76. The molecule has 0 aliphatic carbocycles. The Morgan fingerprint density at radius 3 is 2.90 bits per heavy atom. The molecule has 1 N–H and O–H groups in total. The van der Waals surface area contributed by atoms with E-state index in [1.165, 1.54) is 0 Å². The van der Waals surface area contributed by atoms with Crippen molar-refractivity contribution < 1.29 is 23.9 Å². The van der Waals surface area contributed by atoms with Crippen LogP contribution in [0.4, 0.5) is 0 Å². The van der Waals surface area contributed by atoms with Gasteiger partial charge in [0, 0.05) is 18.7 Å². The molecule has 8 heteroatoms. The first-order valence-electron chi connectivity index (χ1n) is 10.1. The number of esters is 1. The number of nitrogens with zero attached hydrogens (tertiary/aromatic N) is 2. The van der Waals surface area contributed by atoms with Gasteiger partial charge in [-0.15, -0.1) is 0 Å². The number of rotatable bonds is 9. The molecule has 7 nitrogen and oxygen atoms in total. The van der Waals surface area contributed by atoms with Crippen molar-refractivity contribution in [3.63, 3.8) is 0 Å². The van der Waals surface area contributed by atoms with Gasteiger partial charge in [-0.2, -0.15) is 4.98 Å². The summed E-state index contributed by atoms with van der Waals surface area (Å²) in [6.07, 6.45) is 5.37. The summed E-state index contributed by atoms with van der Waals surface area (Å²) < 4.78 is 16.5. The number of hydrogen-bond acceptors (Lipinski definition) is 7. The molecule has 1 aliphatic rings. The van der Waals surface area contributed by atoms with Gasteiger partial charge in [-0.25, -0.2) is 4.98 Å². The van der Waals surface area contributed by atoms with Gasteiger partial charge >= 0.3 is 13.1 Å². The molecule has 0 amide bonds. The van der Waals surface area contributed by atoms with Gasteiger partial charge in [-0.1, -0.05) is 19.8 Å². The molecule has 1 atom stereocenters. The summed E-state index contributed by atoms with van der Waals surface area (Å²) in [5, 5.41) is 10.3. The lowest BCUT2D eigenvalue weighted by Gasteiger charge is -2.14. The van der Waals surface area contributed by atoms with Crippen molar-refractivity contribution in [2.75, 3.05) is 6.61 Å². The second-order valence-corrected chi connectivity index (χ2v) is 7.10. The maximum absolute atomic E-state index is 11.8. The molecule has 154 valence electrons. The average Bonchev–Trinajstić information content (AvgIpc) is 2.98. The summed E-state index contributed by atoms with van der Waals surface area (Å²) in [7, 11) is -1.11. The van der Waals surface area contributed by atoms with E-state index >= 15 is 0 Å². The number of carbonyl (C=O) groups is 1. The summed E-state index contributed by atoms with van der Waals surface area (Å²) in [4.78, 5) is 20.6. The summed E-state index contributed by atoms with van der Waals surface area (Å²) in [5.41, 5.74) is 2.29. The van der Waals surface area contributed by atoms with Gasteiger partial charge in [-0.3, -0.25) is 4.79 Å². The van der Waals surface area contributed by atoms with Gasteiger partial charge in [0.1, 0.15) is 11.6 Å². The molecule has 3 rings (SSSR count). The number of aromatic nitrogens is 2. The Morgan fingerprint density at radius 1 is 1.31 bits per heavy atom. The van der Waals surface area contributed by atoms with Crippen LogP contribution in [0.5, 0.6) is 11.6 Å². The molecule has 1 unspecified atom stereocenters. The predicted molar refractivity (Wildman–Crippen MR) is 109 cm³/mol. The van der Waals surface area contributed by atoms with Crippen LogP contribution in [0.15, 0.2) is 24.4 Å². The summed E-state index contributed by atoms with van der Waals surface area (Å²) in [6.45, 7) is 6.13. The first-order chi connectivity index (χ1) is 14.0. The van der Waals surface area contributed by atoms with Crippen molar-refractivity contribution in [1.82, 2.24) is 9.97 Å². The van der Waals surface area contributed by atoms with E-state index < -0.39 is 13.2 Å². The molecule has 0 fully saturated rings. The third-order valence-electron chi connectivity index (χ3n) is 4.84. The highest BCUT2D eigenvalue weighted by molar-refractivity contribution is 6.62. The number of carbonyl (C=O) groups excluding carboxylic acids is 1. The highest BCUT2D eigenvalue weighted by Gasteiger charge is 2.38. The molecule has 1 aliphatic heterocycles. The van der Waals surface area contributed by atoms with Crippen LogP contribution in [-0.2, 0) is 20.6 Å². The van der Waals surface area contributed by atoms with Crippen molar-refractivity contribution in [3.8, 4) is 11.6 Å². The minimum Gasteiger partial charge on any atom is -0.466 e. The second-order valence-electron chi connectivity index (χ2n) is 7.10. The lowest BCUT2D eigenvalue weighted by atomic mass is 9.77. The Labute approximate surface area is 171 Å². The SMILES string of the molecule is CCCCCc1nccc(Oc2cc(C)c3c(c2)B(O)OC3CC(=O)OCC)n1. The summed E-state index contributed by atoms with van der Waals surface area (Å²) in [5.74, 6) is 1.42. The molecule has 0 spiro atoms. The third kappa shape index (κ3) is 5.33. The predicted octanol–water partition coefficient (Wildman–Crippen LogP) is 3.02. The number of fused-ring (bicyclic) bond motifs is 1. The van der Waals surface area contributed by atoms with Crippen LogP contribution in [0, 0.1) is 6.92 Å². The van der Waals surface area contributed by atoms with Gasteiger partial charge < -0.3 is 19.2 Å². The normalized spacial score (nSPS) is 15.3. The fourth-order valence-electron chi connectivity index (χ4n) is 3.52. The van der Waals surface area contributed by atoms with Crippen LogP contribution < -0.4 is 10.2 Å². The van der Waals surface area contributed by atoms with E-state index in [1.807, 2.05) is 13.0 Å². The van der Waals surface area contributed by atoms with Crippen molar-refractivity contribution in [1.29, 1.82) is 0 Å². The maximum Gasteiger partial charge on any atom is 0.492 e. The van der Waals surface area contributed by atoms with Crippen molar-refractivity contribution in [2.45, 2.75) is 59.0 Å². The lowest BCUT2D eigenvalue weighted by Crippen LogP contribution is -2.28. The number of ether oxygens (including phenoxy) is 2. The van der Waals surface area contributed by atoms with Gasteiger partial charge in [0.2, 0.25) is 5.88 Å². The quantitative estimate of drug-likeness (QED) is 0.394. The van der Waals surface area contributed by atoms with Crippen LogP contribution in [-0.4, -0.2) is 34.7 Å². The van der Waals surface area contributed by atoms with Crippen molar-refractivity contribution in [3.05, 3.63) is 41.3 Å². The Bertz CT molecular complexity index is 861. The second kappa shape index (κ2) is 9.85. The highest BCUT2D eigenvalue weighted by atomic mass is 16.5. The Hall–Kier alpha value is -2.45. The lowest BCUT2D eigenvalue weighted by molar-refractivity contribution is -0.145. The number of benzene rings is 1. The number of unbranched alkanes of at least 4 members (excludes halogenated alkanes) is 2. The van der Waals surface area contributed by atoms with E-state index in [-0.39, 0.29) is 12.4 Å². The van der Waals surface area contributed by atoms with Crippen LogP contribution in [0.25, 0.3) is 0 Å². The maximum atomic E-state index is 11.8. The summed E-state index contributed by atoms with van der Waals surface area (Å²) >= 11 is 0. The third-order valence-corrected chi connectivity index (χ3v) is 4.84. The first-order valence-corrected chi connectivity index (χ1v) is 10.1. The fraction of sp³-hybridized carbons (Fsp3) is 0.476. The van der Waals surface area contributed by atoms with Crippen LogP contribution >= 0.6 is 0 Å². The van der Waals surface area contributed by atoms with E-state index in [4.69, 9.17) is 14.1 Å². The van der Waals surface area contributed by atoms with Crippen molar-refractivity contribution in [2.24, 2.45) is 0 Å². The van der Waals surface area contributed by atoms with E-state index in [0.29, 0.717) is 23.7 Å². The Morgan fingerprint density at radius 2 is 2.14 bits per heavy atom. The van der Waals surface area contributed by atoms with E-state index in [1.54, 1.807) is 25.3 Å². The van der Waals surface area contributed by atoms with Crippen LogP contribution in [0.2, 0.25) is 0 Å². The molecule has 2 heterocycles. The highest BCUT2D eigenvalue weighted by Crippen LogP contribution is 2.33. The average molecular weight is 398 g/mol. The zero-order valence-corrected chi connectivity index (χ0v) is 17.2. The molecule has 0 saturated heterocycles. The van der Waals surface area contributed by atoms with Crippen molar-refractivity contribution >= 4 is 18.6 Å². The van der Waals surface area contributed by atoms with Gasteiger partial charge in [-0.05, 0) is 49.0 Å². The molecule has 2 aromatic rings. The molecule has 0 radical (unpaired) electrons. The van der Waals surface area contributed by atoms with E-state index in [0.717, 1.165) is 42.6 Å². The zero-order chi connectivity index (χ0) is 20.8. The smallest absolute Gasteiger partial charge is 0.466 e. The van der Waals surface area contributed by atoms with Gasteiger partial charge in [0.05, 0.1) is 19.1 Å². The molecular weight excluding hydrogens is 371 g/mol. The summed E-state index contributed by atoms with van der Waals surface area (Å²) in [6, 6.07) is 5.30. The minimum absolute atomic E-state index is 0.0615.